The highest BCUT2D eigenvalue weighted by Crippen LogP contribution is 2.18. The summed E-state index contributed by atoms with van der Waals surface area (Å²) in [6.07, 6.45) is 0. The van der Waals surface area contributed by atoms with Gasteiger partial charge in [0.25, 0.3) is 5.91 Å². The summed E-state index contributed by atoms with van der Waals surface area (Å²) in [7, 11) is 3.18. The molecule has 0 aliphatic carbocycles. The molecule has 7 nitrogen and oxygen atoms in total. The smallest absolute Gasteiger partial charge is 0.287 e. The van der Waals surface area contributed by atoms with Crippen LogP contribution in [0.4, 0.5) is 0 Å². The number of carbonyl (C=O) groups excluding carboxylic acids is 4. The Hall–Kier alpha value is -2.22. The molecule has 1 aromatic rings. The number of hydrogen-bond donors (Lipinski definition) is 2. The van der Waals surface area contributed by atoms with Crippen LogP contribution in [0.5, 0.6) is 0 Å². The second kappa shape index (κ2) is 7.53. The van der Waals surface area contributed by atoms with Crippen LogP contribution in [0.15, 0.2) is 16.8 Å². The minimum Gasteiger partial charge on any atom is -0.347 e. The molecule has 1 heterocycles. The van der Waals surface area contributed by atoms with E-state index in [4.69, 9.17) is 0 Å². The number of Topliss-reactive ketones (excluding diaryl/α,β-unsaturated/α-hetero) is 1. The number of amides is 3. The second-order valence-electron chi connectivity index (χ2n) is 4.53. The van der Waals surface area contributed by atoms with Gasteiger partial charge in [-0.1, -0.05) is 0 Å². The van der Waals surface area contributed by atoms with Crippen molar-refractivity contribution in [1.29, 1.82) is 0 Å². The Morgan fingerprint density at radius 3 is 2.43 bits per heavy atom. The highest BCUT2D eigenvalue weighted by atomic mass is 32.1. The van der Waals surface area contributed by atoms with Crippen LogP contribution in [-0.4, -0.2) is 49.0 Å². The van der Waals surface area contributed by atoms with Crippen molar-refractivity contribution in [2.24, 2.45) is 0 Å². The lowest BCUT2D eigenvalue weighted by molar-refractivity contribution is -0.138. The van der Waals surface area contributed by atoms with Gasteiger partial charge < -0.3 is 15.5 Å². The van der Waals surface area contributed by atoms with Crippen molar-refractivity contribution in [2.45, 2.75) is 13.0 Å². The summed E-state index contributed by atoms with van der Waals surface area (Å²) < 4.78 is 0. The lowest BCUT2D eigenvalue weighted by Gasteiger charge is -2.21. The lowest BCUT2D eigenvalue weighted by Crippen LogP contribution is -2.44. The van der Waals surface area contributed by atoms with Crippen LogP contribution < -0.4 is 10.6 Å². The zero-order valence-electron chi connectivity index (χ0n) is 12.0. The van der Waals surface area contributed by atoms with E-state index in [1.165, 1.54) is 16.2 Å². The third kappa shape index (κ3) is 4.99. The van der Waals surface area contributed by atoms with Crippen LogP contribution in [0.25, 0.3) is 0 Å². The standard InChI is InChI=1S/C13H17N3O4S/c1-8(17)12(19)14-6-10(18)15-11(13(20)16(2)3)9-4-5-21-7-9/h4-5,7,11H,6H2,1-3H3,(H,14,19)(H,15,18). The number of thiophene rings is 1. The van der Waals surface area contributed by atoms with Gasteiger partial charge in [0.1, 0.15) is 6.04 Å². The van der Waals surface area contributed by atoms with Crippen LogP contribution in [0.3, 0.4) is 0 Å². The van der Waals surface area contributed by atoms with E-state index in [1.54, 1.807) is 30.9 Å². The molecular formula is C13H17N3O4S. The SMILES string of the molecule is CC(=O)C(=O)NCC(=O)NC(C(=O)N(C)C)c1ccsc1. The fraction of sp³-hybridized carbons (Fsp3) is 0.385. The predicted octanol–water partition coefficient (Wildman–Crippen LogP) is -0.301. The zero-order valence-corrected chi connectivity index (χ0v) is 12.8. The summed E-state index contributed by atoms with van der Waals surface area (Å²) in [5.74, 6) is -2.34. The summed E-state index contributed by atoms with van der Waals surface area (Å²) in [6, 6.07) is 0.929. The van der Waals surface area contributed by atoms with E-state index in [0.29, 0.717) is 5.56 Å². The van der Waals surface area contributed by atoms with E-state index in [-0.39, 0.29) is 12.5 Å². The van der Waals surface area contributed by atoms with Crippen molar-refractivity contribution in [3.8, 4) is 0 Å². The number of nitrogens with zero attached hydrogens (tertiary/aromatic N) is 1. The fourth-order valence-electron chi connectivity index (χ4n) is 1.48. The highest BCUT2D eigenvalue weighted by Gasteiger charge is 2.24. The number of carbonyl (C=O) groups is 4. The molecule has 1 unspecified atom stereocenters. The molecule has 21 heavy (non-hydrogen) atoms. The van der Waals surface area contributed by atoms with Crippen molar-refractivity contribution in [1.82, 2.24) is 15.5 Å². The fourth-order valence-corrected chi connectivity index (χ4v) is 2.17. The number of hydrogen-bond acceptors (Lipinski definition) is 5. The van der Waals surface area contributed by atoms with Gasteiger partial charge in [0.05, 0.1) is 6.54 Å². The van der Waals surface area contributed by atoms with Gasteiger partial charge in [-0.3, -0.25) is 19.2 Å². The van der Waals surface area contributed by atoms with Crippen molar-refractivity contribution in [3.63, 3.8) is 0 Å². The Labute approximate surface area is 126 Å². The third-order valence-corrected chi connectivity index (χ3v) is 3.30. The molecule has 0 radical (unpaired) electrons. The predicted molar refractivity (Wildman–Crippen MR) is 77.6 cm³/mol. The molecule has 1 atom stereocenters. The van der Waals surface area contributed by atoms with Crippen LogP contribution in [-0.2, 0) is 19.2 Å². The van der Waals surface area contributed by atoms with Crippen molar-refractivity contribution in [3.05, 3.63) is 22.4 Å². The van der Waals surface area contributed by atoms with Gasteiger partial charge in [-0.05, 0) is 22.4 Å². The van der Waals surface area contributed by atoms with E-state index < -0.39 is 23.6 Å². The quantitative estimate of drug-likeness (QED) is 0.705. The van der Waals surface area contributed by atoms with Crippen LogP contribution in [0, 0.1) is 0 Å². The lowest BCUT2D eigenvalue weighted by atomic mass is 10.1. The maximum Gasteiger partial charge on any atom is 0.287 e. The molecule has 0 bridgehead atoms. The Morgan fingerprint density at radius 1 is 1.29 bits per heavy atom. The maximum atomic E-state index is 12.1. The first kappa shape index (κ1) is 16.8. The van der Waals surface area contributed by atoms with Gasteiger partial charge in [-0.25, -0.2) is 0 Å². The monoisotopic (exact) mass is 311 g/mol. The number of ketones is 1. The topological polar surface area (TPSA) is 95.6 Å². The molecule has 3 amide bonds. The summed E-state index contributed by atoms with van der Waals surface area (Å²) in [5.41, 5.74) is 0.671. The van der Waals surface area contributed by atoms with Gasteiger partial charge in [0, 0.05) is 21.0 Å². The summed E-state index contributed by atoms with van der Waals surface area (Å²) in [4.78, 5) is 47.1. The molecule has 8 heteroatoms. The van der Waals surface area contributed by atoms with Crippen LogP contribution in [0.2, 0.25) is 0 Å². The van der Waals surface area contributed by atoms with Gasteiger partial charge in [-0.2, -0.15) is 11.3 Å². The van der Waals surface area contributed by atoms with Crippen molar-refractivity contribution < 1.29 is 19.2 Å². The van der Waals surface area contributed by atoms with Gasteiger partial charge >= 0.3 is 0 Å². The van der Waals surface area contributed by atoms with Gasteiger partial charge in [0.15, 0.2) is 0 Å². The number of nitrogens with one attached hydrogen (secondary N) is 2. The van der Waals surface area contributed by atoms with E-state index in [2.05, 4.69) is 10.6 Å². The summed E-state index contributed by atoms with van der Waals surface area (Å²) in [5, 5.41) is 8.29. The first-order chi connectivity index (χ1) is 9.82. The van der Waals surface area contributed by atoms with Gasteiger partial charge in [-0.15, -0.1) is 0 Å². The Kier molecular flexibility index (Phi) is 6.04. The Morgan fingerprint density at radius 2 is 1.95 bits per heavy atom. The first-order valence-corrected chi connectivity index (χ1v) is 7.08. The Bertz CT molecular complexity index is 540. The molecule has 0 saturated heterocycles. The van der Waals surface area contributed by atoms with E-state index in [1.807, 2.05) is 0 Å². The first-order valence-electron chi connectivity index (χ1n) is 6.14. The van der Waals surface area contributed by atoms with E-state index in [9.17, 15) is 19.2 Å². The highest BCUT2D eigenvalue weighted by molar-refractivity contribution is 7.08. The molecule has 1 aromatic heterocycles. The third-order valence-electron chi connectivity index (χ3n) is 2.60. The molecule has 0 fully saturated rings. The maximum absolute atomic E-state index is 12.1. The van der Waals surface area contributed by atoms with E-state index >= 15 is 0 Å². The minimum atomic E-state index is -0.837. The number of likely N-dealkylation sites (N-methyl/N-ethyl adjacent to an activating group) is 1. The van der Waals surface area contributed by atoms with Gasteiger partial charge in [0.2, 0.25) is 17.6 Å². The number of rotatable bonds is 6. The molecule has 0 spiro atoms. The zero-order chi connectivity index (χ0) is 16.0. The van der Waals surface area contributed by atoms with Crippen LogP contribution >= 0.6 is 11.3 Å². The van der Waals surface area contributed by atoms with Crippen molar-refractivity contribution in [2.75, 3.05) is 20.6 Å². The normalized spacial score (nSPS) is 11.4. The molecule has 2 N–H and O–H groups in total. The van der Waals surface area contributed by atoms with Crippen LogP contribution in [0.1, 0.15) is 18.5 Å². The molecule has 0 aliphatic rings. The van der Waals surface area contributed by atoms with E-state index in [0.717, 1.165) is 6.92 Å². The largest absolute Gasteiger partial charge is 0.347 e. The molecule has 0 aliphatic heterocycles. The molecular weight excluding hydrogens is 294 g/mol. The summed E-state index contributed by atoms with van der Waals surface area (Å²) in [6.45, 7) is 0.747. The Balaban J connectivity index is 2.69. The van der Waals surface area contributed by atoms with Crippen molar-refractivity contribution >= 4 is 34.8 Å². The minimum absolute atomic E-state index is 0.278. The molecule has 114 valence electrons. The average molecular weight is 311 g/mol. The second-order valence-corrected chi connectivity index (χ2v) is 5.31. The average Bonchev–Trinajstić information content (AvgIpc) is 2.94. The molecule has 0 aromatic carbocycles. The summed E-state index contributed by atoms with van der Waals surface area (Å²) >= 11 is 1.41. The molecule has 0 saturated carbocycles. The molecule has 1 rings (SSSR count).